The van der Waals surface area contributed by atoms with Gasteiger partial charge in [-0.1, -0.05) is 23.4 Å². The molecule has 11 nitrogen and oxygen atoms in total. The molecule has 3 aromatic rings. The molecule has 0 saturated carbocycles. The number of carbonyl (C=O) groups is 2. The van der Waals surface area contributed by atoms with E-state index in [1.807, 2.05) is 18.2 Å². The van der Waals surface area contributed by atoms with E-state index in [9.17, 15) is 24.8 Å². The number of hydrogen-bond acceptors (Lipinski definition) is 8. The van der Waals surface area contributed by atoms with Gasteiger partial charge in [0.2, 0.25) is 5.91 Å². The molecule has 0 radical (unpaired) electrons. The first-order valence-corrected chi connectivity index (χ1v) is 11.5. The summed E-state index contributed by atoms with van der Waals surface area (Å²) >= 11 is 0. The van der Waals surface area contributed by atoms with Gasteiger partial charge in [-0.3, -0.25) is 24.7 Å². The van der Waals surface area contributed by atoms with Gasteiger partial charge < -0.3 is 20.2 Å². The first kappa shape index (κ1) is 25.5. The third-order valence-electron chi connectivity index (χ3n) is 5.99. The number of rotatable bonds is 8. The number of nitrogens with zero attached hydrogens (tertiary/aromatic N) is 4. The molecule has 2 amide bonds. The molecular formula is C26H25N5O6. The molecule has 1 aliphatic rings. The van der Waals surface area contributed by atoms with Gasteiger partial charge in [0, 0.05) is 42.4 Å². The standard InChI is InChI=1S/C26H25N5O6/c1-37-29-20-14-23(25(33)28-15-24(32)18-9-11-21(12-10-18)31(35)36)30(16-20)26(34)19-7-5-17(6-8-19)22-4-2-3-13-27-22/h2-13,23-24,32H,14-16H2,1H3,(H,28,33)/b29-20-/t23-,24+/m0/s1. The van der Waals surface area contributed by atoms with Crippen molar-refractivity contribution >= 4 is 23.2 Å². The van der Waals surface area contributed by atoms with Crippen LogP contribution < -0.4 is 5.32 Å². The number of likely N-dealkylation sites (tertiary alicyclic amines) is 1. The number of amides is 2. The Kier molecular flexibility index (Phi) is 7.84. The van der Waals surface area contributed by atoms with E-state index in [0.717, 1.165) is 11.3 Å². The Morgan fingerprint density at radius 3 is 2.54 bits per heavy atom. The van der Waals surface area contributed by atoms with Gasteiger partial charge in [-0.15, -0.1) is 0 Å². The summed E-state index contributed by atoms with van der Waals surface area (Å²) in [5, 5.41) is 27.9. The molecule has 1 fully saturated rings. The van der Waals surface area contributed by atoms with Gasteiger partial charge in [-0.2, -0.15) is 0 Å². The molecule has 0 spiro atoms. The number of oxime groups is 1. The van der Waals surface area contributed by atoms with Gasteiger partial charge in [0.25, 0.3) is 11.6 Å². The summed E-state index contributed by atoms with van der Waals surface area (Å²) in [5.74, 6) is -0.800. The van der Waals surface area contributed by atoms with E-state index in [1.54, 1.807) is 30.5 Å². The van der Waals surface area contributed by atoms with Crippen LogP contribution in [0.3, 0.4) is 0 Å². The number of nitrogens with one attached hydrogen (secondary N) is 1. The zero-order chi connectivity index (χ0) is 26.4. The maximum Gasteiger partial charge on any atom is 0.269 e. The van der Waals surface area contributed by atoms with E-state index < -0.39 is 23.0 Å². The number of hydrogen-bond donors (Lipinski definition) is 2. The molecular weight excluding hydrogens is 478 g/mol. The van der Waals surface area contributed by atoms with Crippen molar-refractivity contribution in [3.8, 4) is 11.3 Å². The predicted octanol–water partition coefficient (Wildman–Crippen LogP) is 2.72. The second kappa shape index (κ2) is 11.4. The third-order valence-corrected chi connectivity index (χ3v) is 5.99. The number of carbonyl (C=O) groups excluding carboxylic acids is 2. The topological polar surface area (TPSA) is 147 Å². The van der Waals surface area contributed by atoms with Gasteiger partial charge in [0.1, 0.15) is 13.2 Å². The van der Waals surface area contributed by atoms with Crippen molar-refractivity contribution < 1.29 is 24.5 Å². The number of non-ortho nitro benzene ring substituents is 1. The number of aliphatic hydroxyl groups is 1. The van der Waals surface area contributed by atoms with E-state index in [0.29, 0.717) is 16.8 Å². The lowest BCUT2D eigenvalue weighted by Gasteiger charge is -2.24. The minimum atomic E-state index is -1.08. The molecule has 190 valence electrons. The summed E-state index contributed by atoms with van der Waals surface area (Å²) in [4.78, 5) is 47.3. The molecule has 11 heteroatoms. The van der Waals surface area contributed by atoms with Gasteiger partial charge in [0.05, 0.1) is 29.0 Å². The fraction of sp³-hybridized carbons (Fsp3) is 0.231. The second-order valence-electron chi connectivity index (χ2n) is 8.39. The summed E-state index contributed by atoms with van der Waals surface area (Å²) in [6, 6.07) is 17.1. The van der Waals surface area contributed by atoms with E-state index in [2.05, 4.69) is 15.5 Å². The lowest BCUT2D eigenvalue weighted by Crippen LogP contribution is -2.46. The van der Waals surface area contributed by atoms with Crippen LogP contribution in [0.25, 0.3) is 11.3 Å². The zero-order valence-corrected chi connectivity index (χ0v) is 20.0. The van der Waals surface area contributed by atoms with Crippen molar-refractivity contribution in [1.29, 1.82) is 0 Å². The number of nitro benzene ring substituents is 1. The average molecular weight is 504 g/mol. The molecule has 0 bridgehead atoms. The molecule has 1 saturated heterocycles. The maximum absolute atomic E-state index is 13.3. The Labute approximate surface area is 212 Å². The third kappa shape index (κ3) is 5.96. The van der Waals surface area contributed by atoms with Crippen molar-refractivity contribution in [1.82, 2.24) is 15.2 Å². The smallest absolute Gasteiger partial charge is 0.269 e. The molecule has 1 aliphatic heterocycles. The van der Waals surface area contributed by atoms with Gasteiger partial charge >= 0.3 is 0 Å². The Bertz CT molecular complexity index is 1300. The van der Waals surface area contributed by atoms with E-state index in [1.165, 1.54) is 36.3 Å². The van der Waals surface area contributed by atoms with Crippen LogP contribution in [0.4, 0.5) is 5.69 Å². The van der Waals surface area contributed by atoms with Crippen LogP contribution in [0.1, 0.15) is 28.4 Å². The largest absolute Gasteiger partial charge is 0.399 e. The summed E-state index contributed by atoms with van der Waals surface area (Å²) in [7, 11) is 1.39. The highest BCUT2D eigenvalue weighted by Crippen LogP contribution is 2.23. The summed E-state index contributed by atoms with van der Waals surface area (Å²) in [6.45, 7) is -0.0115. The Morgan fingerprint density at radius 1 is 1.19 bits per heavy atom. The van der Waals surface area contributed by atoms with Crippen LogP contribution in [0.5, 0.6) is 0 Å². The summed E-state index contributed by atoms with van der Waals surface area (Å²) in [5.41, 5.74) is 2.90. The minimum absolute atomic E-state index is 0.0990. The van der Waals surface area contributed by atoms with Gasteiger partial charge in [-0.25, -0.2) is 0 Å². The lowest BCUT2D eigenvalue weighted by atomic mass is 10.1. The number of aliphatic hydroxyl groups excluding tert-OH is 1. The van der Waals surface area contributed by atoms with E-state index in [4.69, 9.17) is 4.84 Å². The lowest BCUT2D eigenvalue weighted by molar-refractivity contribution is -0.384. The molecule has 0 aliphatic carbocycles. The molecule has 4 rings (SSSR count). The van der Waals surface area contributed by atoms with Gasteiger partial charge in [0.15, 0.2) is 0 Å². The van der Waals surface area contributed by atoms with E-state index >= 15 is 0 Å². The van der Waals surface area contributed by atoms with Crippen LogP contribution in [-0.2, 0) is 9.63 Å². The highest BCUT2D eigenvalue weighted by Gasteiger charge is 2.38. The molecule has 2 atom stereocenters. The van der Waals surface area contributed by atoms with E-state index in [-0.39, 0.29) is 31.1 Å². The van der Waals surface area contributed by atoms with Crippen LogP contribution >= 0.6 is 0 Å². The average Bonchev–Trinajstić information content (AvgIpc) is 3.36. The monoisotopic (exact) mass is 503 g/mol. The van der Waals surface area contributed by atoms with Crippen LogP contribution in [0.2, 0.25) is 0 Å². The highest BCUT2D eigenvalue weighted by atomic mass is 16.6. The molecule has 2 heterocycles. The number of benzene rings is 2. The Hall–Kier alpha value is -4.64. The van der Waals surface area contributed by atoms with Crippen LogP contribution in [0, 0.1) is 10.1 Å². The molecule has 37 heavy (non-hydrogen) atoms. The zero-order valence-electron chi connectivity index (χ0n) is 20.0. The van der Waals surface area contributed by atoms with Crippen LogP contribution in [-0.4, -0.2) is 63.7 Å². The number of pyridine rings is 1. The minimum Gasteiger partial charge on any atom is -0.399 e. The molecule has 1 aromatic heterocycles. The van der Waals surface area contributed by atoms with Crippen LogP contribution in [0.15, 0.2) is 78.1 Å². The first-order chi connectivity index (χ1) is 17.9. The molecule has 0 unspecified atom stereocenters. The number of aromatic nitrogens is 1. The van der Waals surface area contributed by atoms with Crippen molar-refractivity contribution in [3.05, 3.63) is 94.2 Å². The number of nitro groups is 1. The maximum atomic E-state index is 13.3. The normalized spacial score (nSPS) is 16.9. The van der Waals surface area contributed by atoms with Crippen molar-refractivity contribution in [2.24, 2.45) is 5.16 Å². The van der Waals surface area contributed by atoms with Crippen molar-refractivity contribution in [2.45, 2.75) is 18.6 Å². The molecule has 2 aromatic carbocycles. The SMILES string of the molecule is CO/N=C1/C[C@@H](C(=O)NC[C@@H](O)c2ccc([N+](=O)[O-])cc2)N(C(=O)c2ccc(-c3ccccn3)cc2)C1. The summed E-state index contributed by atoms with van der Waals surface area (Å²) in [6.07, 6.45) is 0.795. The Morgan fingerprint density at radius 2 is 1.92 bits per heavy atom. The Balaban J connectivity index is 1.45. The van der Waals surface area contributed by atoms with Gasteiger partial charge in [-0.05, 0) is 42.0 Å². The quantitative estimate of drug-likeness (QED) is 0.355. The predicted molar refractivity (Wildman–Crippen MR) is 135 cm³/mol. The second-order valence-corrected chi connectivity index (χ2v) is 8.39. The fourth-order valence-corrected chi connectivity index (χ4v) is 4.08. The molecule has 2 N–H and O–H groups in total. The highest BCUT2D eigenvalue weighted by molar-refractivity contribution is 6.05. The fourth-order valence-electron chi connectivity index (χ4n) is 4.08. The summed E-state index contributed by atoms with van der Waals surface area (Å²) < 4.78 is 0. The van der Waals surface area contributed by atoms with Crippen molar-refractivity contribution in [3.63, 3.8) is 0 Å². The van der Waals surface area contributed by atoms with Crippen molar-refractivity contribution in [2.75, 3.05) is 20.2 Å². The first-order valence-electron chi connectivity index (χ1n) is 11.5.